The predicted molar refractivity (Wildman–Crippen MR) is 116 cm³/mol. The predicted octanol–water partition coefficient (Wildman–Crippen LogP) is -0.530. The van der Waals surface area contributed by atoms with Gasteiger partial charge in [-0.05, 0) is 12.1 Å². The second-order valence-corrected chi connectivity index (χ2v) is 7.79. The van der Waals surface area contributed by atoms with Gasteiger partial charge in [0, 0.05) is 17.7 Å². The van der Waals surface area contributed by atoms with E-state index < -0.39 is 82.6 Å². The molecule has 0 spiro atoms. The average Bonchev–Trinajstić information content (AvgIpc) is 2.80. The fraction of sp³-hybridized carbons (Fsp3) is 0.318. The molecule has 1 aliphatic rings. The van der Waals surface area contributed by atoms with Crippen LogP contribution >= 0.6 is 0 Å². The van der Waals surface area contributed by atoms with E-state index in [1.807, 2.05) is 0 Å². The van der Waals surface area contributed by atoms with Crippen LogP contribution in [-0.4, -0.2) is 85.3 Å². The number of aliphatic hydroxyl groups is 4. The van der Waals surface area contributed by atoms with E-state index in [9.17, 15) is 45.6 Å². The maximum absolute atomic E-state index is 13.4. The molecular weight excluding hydrogens is 472 g/mol. The van der Waals surface area contributed by atoms with Gasteiger partial charge in [0.15, 0.2) is 17.3 Å². The topological polar surface area (TPSA) is 220 Å². The lowest BCUT2D eigenvalue weighted by molar-refractivity contribution is -0.277. The number of phenols is 4. The van der Waals surface area contributed by atoms with E-state index >= 15 is 0 Å². The Morgan fingerprint density at radius 3 is 2.14 bits per heavy atom. The first-order chi connectivity index (χ1) is 16.6. The van der Waals surface area contributed by atoms with E-state index in [0.29, 0.717) is 0 Å². The van der Waals surface area contributed by atoms with Gasteiger partial charge in [-0.3, -0.25) is 4.79 Å². The van der Waals surface area contributed by atoms with Crippen molar-refractivity contribution in [1.29, 1.82) is 0 Å². The van der Waals surface area contributed by atoms with Crippen molar-refractivity contribution in [1.82, 2.24) is 0 Å². The third kappa shape index (κ3) is 4.15. The number of fused-ring (bicyclic) bond motifs is 1. The molecule has 1 fully saturated rings. The van der Waals surface area contributed by atoms with Crippen molar-refractivity contribution in [2.75, 3.05) is 13.7 Å². The van der Waals surface area contributed by atoms with Crippen LogP contribution in [0.1, 0.15) is 0 Å². The van der Waals surface area contributed by atoms with Crippen molar-refractivity contribution in [3.63, 3.8) is 0 Å². The van der Waals surface area contributed by atoms with Crippen LogP contribution < -0.4 is 14.9 Å². The molecule has 0 aliphatic carbocycles. The van der Waals surface area contributed by atoms with Crippen LogP contribution in [0.3, 0.4) is 0 Å². The summed E-state index contributed by atoms with van der Waals surface area (Å²) in [5.41, 5.74) is -1.42. The highest BCUT2D eigenvalue weighted by atomic mass is 16.7. The van der Waals surface area contributed by atoms with Crippen LogP contribution in [0, 0.1) is 0 Å². The van der Waals surface area contributed by atoms with Crippen molar-refractivity contribution < 1.29 is 59.5 Å². The van der Waals surface area contributed by atoms with Crippen molar-refractivity contribution in [2.24, 2.45) is 0 Å². The van der Waals surface area contributed by atoms with Crippen molar-refractivity contribution in [2.45, 2.75) is 30.7 Å². The molecule has 1 aliphatic heterocycles. The minimum atomic E-state index is -1.89. The Kier molecular flexibility index (Phi) is 6.36. The number of aliphatic hydroxyl groups excluding tert-OH is 4. The molecule has 1 saturated heterocycles. The van der Waals surface area contributed by atoms with E-state index in [2.05, 4.69) is 0 Å². The van der Waals surface area contributed by atoms with Crippen LogP contribution in [0.5, 0.6) is 34.5 Å². The minimum absolute atomic E-state index is 0.123. The van der Waals surface area contributed by atoms with E-state index in [0.717, 1.165) is 24.3 Å². The SMILES string of the molecule is COc1c(O)cc(-c2oc3cc(O)cc(O)c3c(=O)c2O[C@@H]2O[C@H](CO)[C@@H](O)[C@H](O)[C@H]2O)cc1O. The van der Waals surface area contributed by atoms with Gasteiger partial charge in [0.25, 0.3) is 0 Å². The second kappa shape index (κ2) is 9.13. The number of hydrogen-bond acceptors (Lipinski definition) is 13. The largest absolute Gasteiger partial charge is 0.508 e. The molecule has 13 nitrogen and oxygen atoms in total. The Morgan fingerprint density at radius 2 is 1.54 bits per heavy atom. The smallest absolute Gasteiger partial charge is 0.239 e. The van der Waals surface area contributed by atoms with E-state index in [1.165, 1.54) is 7.11 Å². The van der Waals surface area contributed by atoms with Crippen LogP contribution in [-0.2, 0) is 4.74 Å². The first-order valence-electron chi connectivity index (χ1n) is 10.2. The Labute approximate surface area is 195 Å². The summed E-state index contributed by atoms with van der Waals surface area (Å²) in [4.78, 5) is 13.4. The number of rotatable bonds is 5. The lowest BCUT2D eigenvalue weighted by Gasteiger charge is -2.39. The highest BCUT2D eigenvalue weighted by Crippen LogP contribution is 2.43. The lowest BCUT2D eigenvalue weighted by Crippen LogP contribution is -2.60. The highest BCUT2D eigenvalue weighted by Gasteiger charge is 2.45. The van der Waals surface area contributed by atoms with E-state index in [-0.39, 0.29) is 16.9 Å². The van der Waals surface area contributed by atoms with Crippen molar-refractivity contribution in [3.8, 4) is 45.8 Å². The summed E-state index contributed by atoms with van der Waals surface area (Å²) in [7, 11) is 1.20. The van der Waals surface area contributed by atoms with Crippen molar-refractivity contribution in [3.05, 3.63) is 34.5 Å². The highest BCUT2D eigenvalue weighted by molar-refractivity contribution is 5.88. The van der Waals surface area contributed by atoms with E-state index in [4.69, 9.17) is 18.6 Å². The minimum Gasteiger partial charge on any atom is -0.508 e. The molecular formula is C22H22O13. The monoisotopic (exact) mass is 494 g/mol. The summed E-state index contributed by atoms with van der Waals surface area (Å²) in [6.45, 7) is -0.760. The number of benzene rings is 2. The Hall–Kier alpha value is -3.75. The van der Waals surface area contributed by atoms with Crippen LogP contribution in [0.2, 0.25) is 0 Å². The zero-order chi connectivity index (χ0) is 25.6. The van der Waals surface area contributed by atoms with Crippen LogP contribution in [0.25, 0.3) is 22.3 Å². The first-order valence-corrected chi connectivity index (χ1v) is 10.2. The molecule has 0 unspecified atom stereocenters. The lowest BCUT2D eigenvalue weighted by atomic mass is 9.99. The molecule has 4 rings (SSSR count). The quantitative estimate of drug-likeness (QED) is 0.224. The summed E-state index contributed by atoms with van der Waals surface area (Å²) in [5.74, 6) is -3.58. The van der Waals surface area contributed by atoms with E-state index in [1.54, 1.807) is 0 Å². The Balaban J connectivity index is 1.93. The fourth-order valence-electron chi connectivity index (χ4n) is 3.79. The summed E-state index contributed by atoms with van der Waals surface area (Å²) in [5, 5.41) is 79.8. The molecule has 2 aromatic carbocycles. The van der Waals surface area contributed by atoms with Gasteiger partial charge < -0.3 is 59.5 Å². The molecule has 5 atom stereocenters. The summed E-state index contributed by atoms with van der Waals surface area (Å²) in [6, 6.07) is 4.03. The van der Waals surface area contributed by atoms with Gasteiger partial charge >= 0.3 is 0 Å². The van der Waals surface area contributed by atoms with Gasteiger partial charge in [0.1, 0.15) is 46.9 Å². The summed E-state index contributed by atoms with van der Waals surface area (Å²) >= 11 is 0. The second-order valence-electron chi connectivity index (χ2n) is 7.79. The molecule has 0 bridgehead atoms. The molecule has 2 heterocycles. The molecule has 35 heavy (non-hydrogen) atoms. The van der Waals surface area contributed by atoms with Gasteiger partial charge in [-0.25, -0.2) is 0 Å². The zero-order valence-corrected chi connectivity index (χ0v) is 18.0. The van der Waals surface area contributed by atoms with Gasteiger partial charge in [-0.2, -0.15) is 0 Å². The Morgan fingerprint density at radius 1 is 0.886 bits per heavy atom. The van der Waals surface area contributed by atoms with Gasteiger partial charge in [-0.15, -0.1) is 0 Å². The first kappa shape index (κ1) is 24.4. The maximum atomic E-state index is 13.4. The molecule has 1 aromatic heterocycles. The van der Waals surface area contributed by atoms with Crippen LogP contribution in [0.15, 0.2) is 33.5 Å². The zero-order valence-electron chi connectivity index (χ0n) is 18.0. The molecule has 8 N–H and O–H groups in total. The molecule has 188 valence electrons. The summed E-state index contributed by atoms with van der Waals surface area (Å²) < 4.78 is 21.4. The third-order valence-corrected chi connectivity index (χ3v) is 5.52. The third-order valence-electron chi connectivity index (χ3n) is 5.52. The number of hydrogen-bond donors (Lipinski definition) is 8. The molecule has 13 heteroatoms. The fourth-order valence-corrected chi connectivity index (χ4v) is 3.79. The number of methoxy groups -OCH3 is 1. The number of phenolic OH excluding ortho intramolecular Hbond substituents is 4. The molecule has 0 radical (unpaired) electrons. The molecule has 3 aromatic rings. The average molecular weight is 494 g/mol. The summed E-state index contributed by atoms with van der Waals surface area (Å²) in [6.07, 6.45) is -8.55. The molecule has 0 saturated carbocycles. The standard InChI is InChI=1S/C22H22O13/c1-32-20-10(26)2-7(3-11(20)27)19-21(16(29)14-9(25)4-8(24)5-12(14)33-19)35-22-18(31)17(30)15(28)13(6-23)34-22/h2-5,13,15,17-18,22-28,30-31H,6H2,1H3/t13-,15-,17+,18-,22+/m1/s1. The number of ether oxygens (including phenoxy) is 3. The van der Waals surface area contributed by atoms with Crippen molar-refractivity contribution >= 4 is 11.0 Å². The number of aromatic hydroxyl groups is 4. The normalized spacial score (nSPS) is 24.4. The van der Waals surface area contributed by atoms with Gasteiger partial charge in [0.2, 0.25) is 23.2 Å². The van der Waals surface area contributed by atoms with Crippen LogP contribution in [0.4, 0.5) is 0 Å². The maximum Gasteiger partial charge on any atom is 0.239 e. The Bertz CT molecular complexity index is 1290. The van der Waals surface area contributed by atoms with Gasteiger partial charge in [0.05, 0.1) is 13.7 Å². The molecule has 0 amide bonds. The van der Waals surface area contributed by atoms with Gasteiger partial charge in [-0.1, -0.05) is 0 Å².